The summed E-state index contributed by atoms with van der Waals surface area (Å²) in [6.45, 7) is 9.50. The molecule has 0 saturated heterocycles. The van der Waals surface area contributed by atoms with Crippen LogP contribution in [0.2, 0.25) is 25.7 Å². The Balaban J connectivity index is 1.98. The molecule has 1 aliphatic rings. The first kappa shape index (κ1) is 22.4. The molecule has 0 bridgehead atoms. The van der Waals surface area contributed by atoms with Crippen LogP contribution in [-0.2, 0) is 28.0 Å². The number of rotatable bonds is 10. The number of aryl methyl sites for hydroxylation is 1. The summed E-state index contributed by atoms with van der Waals surface area (Å²) in [5.41, 5.74) is 0.534. The molecule has 0 unspecified atom stereocenters. The zero-order valence-corrected chi connectivity index (χ0v) is 19.3. The van der Waals surface area contributed by atoms with Crippen LogP contribution in [0.15, 0.2) is 12.3 Å². The fraction of sp³-hybridized carbons (Fsp3) is 0.600. The van der Waals surface area contributed by atoms with E-state index < -0.39 is 19.9 Å². The minimum Gasteiger partial charge on any atom is -0.462 e. The number of hydrogen-bond acceptors (Lipinski definition) is 6. The van der Waals surface area contributed by atoms with E-state index in [9.17, 15) is 9.18 Å². The molecule has 1 fully saturated rings. The van der Waals surface area contributed by atoms with Gasteiger partial charge in [-0.2, -0.15) is 5.10 Å². The van der Waals surface area contributed by atoms with Gasteiger partial charge in [-0.3, -0.25) is 9.25 Å². The van der Waals surface area contributed by atoms with Gasteiger partial charge in [-0.1, -0.05) is 25.7 Å². The summed E-state index contributed by atoms with van der Waals surface area (Å²) in [4.78, 5) is 12.7. The minimum atomic E-state index is -1.27. The van der Waals surface area contributed by atoms with Gasteiger partial charge in [0.1, 0.15) is 18.0 Å². The molecule has 0 N–H and O–H groups in total. The monoisotopic (exact) mass is 435 g/mol. The first-order chi connectivity index (χ1) is 14.2. The number of halogens is 1. The summed E-state index contributed by atoms with van der Waals surface area (Å²) in [6.07, 6.45) is 5.05. The maximum atomic E-state index is 14.4. The second kappa shape index (κ2) is 9.21. The van der Waals surface area contributed by atoms with E-state index in [1.807, 2.05) is 6.08 Å². The van der Waals surface area contributed by atoms with Crippen LogP contribution in [0.25, 0.3) is 17.1 Å². The first-order valence-electron chi connectivity index (χ1n) is 10.3. The number of ether oxygens (including phenoxy) is 2. The second-order valence-electron chi connectivity index (χ2n) is 8.73. The molecule has 0 aliphatic heterocycles. The Morgan fingerprint density at radius 1 is 1.33 bits per heavy atom. The van der Waals surface area contributed by atoms with Crippen LogP contribution in [0, 0.1) is 11.7 Å². The lowest BCUT2D eigenvalue weighted by molar-refractivity contribution is -0.136. The van der Waals surface area contributed by atoms with E-state index in [1.165, 1.54) is 4.68 Å². The van der Waals surface area contributed by atoms with E-state index in [0.29, 0.717) is 23.9 Å². The topological polar surface area (TPSA) is 84.1 Å². The fourth-order valence-electron chi connectivity index (χ4n) is 2.94. The molecule has 30 heavy (non-hydrogen) atoms. The van der Waals surface area contributed by atoms with Crippen LogP contribution in [0.5, 0.6) is 0 Å². The summed E-state index contributed by atoms with van der Waals surface area (Å²) in [6, 6.07) is 0.989. The number of aromatic nitrogens is 5. The van der Waals surface area contributed by atoms with Gasteiger partial charge in [-0.05, 0) is 31.7 Å². The number of allylic oxidation sites excluding steroid dienone is 1. The molecule has 1 saturated carbocycles. The van der Waals surface area contributed by atoms with Crippen molar-refractivity contribution in [2.45, 2.75) is 52.2 Å². The van der Waals surface area contributed by atoms with Crippen molar-refractivity contribution in [3.05, 3.63) is 23.9 Å². The van der Waals surface area contributed by atoms with Crippen molar-refractivity contribution in [3.8, 4) is 11.5 Å². The zero-order chi connectivity index (χ0) is 21.9. The van der Waals surface area contributed by atoms with E-state index in [0.717, 1.165) is 25.1 Å². The molecule has 8 nitrogen and oxygen atoms in total. The third-order valence-corrected chi connectivity index (χ3v) is 6.54. The highest BCUT2D eigenvalue weighted by Gasteiger charge is 2.29. The van der Waals surface area contributed by atoms with Gasteiger partial charge in [0.15, 0.2) is 17.5 Å². The highest BCUT2D eigenvalue weighted by molar-refractivity contribution is 6.76. The Hall–Kier alpha value is -2.33. The summed E-state index contributed by atoms with van der Waals surface area (Å²) >= 11 is 0. The van der Waals surface area contributed by atoms with Crippen molar-refractivity contribution < 1.29 is 18.7 Å². The predicted molar refractivity (Wildman–Crippen MR) is 114 cm³/mol. The second-order valence-corrected chi connectivity index (χ2v) is 14.3. The molecule has 2 aromatic heterocycles. The summed E-state index contributed by atoms with van der Waals surface area (Å²) < 4.78 is 28.6. The normalized spacial score (nSPS) is 14.9. The number of carbonyl (C=O) groups is 1. The van der Waals surface area contributed by atoms with E-state index in [2.05, 4.69) is 34.9 Å². The average molecular weight is 436 g/mol. The average Bonchev–Trinajstić information content (AvgIpc) is 3.32. The molecule has 0 amide bonds. The summed E-state index contributed by atoms with van der Waals surface area (Å²) in [5.74, 6) is -0.0643. The van der Waals surface area contributed by atoms with E-state index in [1.54, 1.807) is 18.5 Å². The van der Waals surface area contributed by atoms with Crippen LogP contribution in [0.4, 0.5) is 4.39 Å². The minimum absolute atomic E-state index is 0.105. The van der Waals surface area contributed by atoms with Crippen LogP contribution >= 0.6 is 0 Å². The first-order valence-corrected chi connectivity index (χ1v) is 14.0. The van der Waals surface area contributed by atoms with Crippen LogP contribution in [-0.4, -0.2) is 51.8 Å². The van der Waals surface area contributed by atoms with Gasteiger partial charge in [0, 0.05) is 21.7 Å². The predicted octanol–water partition coefficient (Wildman–Crippen LogP) is 3.49. The van der Waals surface area contributed by atoms with Crippen molar-refractivity contribution in [3.63, 3.8) is 0 Å². The third kappa shape index (κ3) is 5.42. The Labute approximate surface area is 177 Å². The van der Waals surface area contributed by atoms with Gasteiger partial charge in [-0.15, -0.1) is 10.2 Å². The molecule has 2 aromatic rings. The van der Waals surface area contributed by atoms with Gasteiger partial charge >= 0.3 is 5.97 Å². The quantitative estimate of drug-likeness (QED) is 0.246. The highest BCUT2D eigenvalue weighted by Crippen LogP contribution is 2.34. The zero-order valence-electron chi connectivity index (χ0n) is 18.3. The van der Waals surface area contributed by atoms with Gasteiger partial charge < -0.3 is 9.47 Å². The van der Waals surface area contributed by atoms with Gasteiger partial charge in [0.25, 0.3) is 0 Å². The smallest absolute Gasteiger partial charge is 0.341 e. The fourth-order valence-corrected chi connectivity index (χ4v) is 3.69. The van der Waals surface area contributed by atoms with Crippen molar-refractivity contribution in [2.75, 3.05) is 13.2 Å². The molecule has 3 rings (SSSR count). The lowest BCUT2D eigenvalue weighted by Crippen LogP contribution is -2.22. The highest BCUT2D eigenvalue weighted by atomic mass is 28.3. The maximum Gasteiger partial charge on any atom is 0.341 e. The largest absolute Gasteiger partial charge is 0.462 e. The molecule has 0 spiro atoms. The molecular formula is C20H30FN5O3Si. The standard InChI is InChI=1S/C20H30FN5O3Si/c1-6-29-20(27)15(11-14-7-8-14)18-23-24-19(17-16(21)12-22-25(17)2)26(18)13-28-9-10-30(3,4)5/h11-12,14H,6-10,13H2,1-5H3/b15-11-. The number of esters is 1. The molecule has 0 aromatic carbocycles. The van der Waals surface area contributed by atoms with Crippen LogP contribution < -0.4 is 0 Å². The Bertz CT molecular complexity index is 908. The molecule has 10 heteroatoms. The van der Waals surface area contributed by atoms with Gasteiger partial charge in [-0.25, -0.2) is 9.18 Å². The molecule has 0 atom stereocenters. The van der Waals surface area contributed by atoms with Crippen molar-refractivity contribution in [1.82, 2.24) is 24.5 Å². The SMILES string of the molecule is CCOC(=O)/C(=C\C1CC1)c1nnc(-c2c(F)cnn2C)n1COCC[Si](C)(C)C. The lowest BCUT2D eigenvalue weighted by atomic mass is 10.2. The third-order valence-electron chi connectivity index (χ3n) is 4.83. The number of nitrogens with zero attached hydrogens (tertiary/aromatic N) is 5. The van der Waals surface area contributed by atoms with Crippen LogP contribution in [0.1, 0.15) is 25.6 Å². The summed E-state index contributed by atoms with van der Waals surface area (Å²) in [5, 5.41) is 12.4. The Kier molecular flexibility index (Phi) is 6.87. The van der Waals surface area contributed by atoms with Crippen molar-refractivity contribution in [2.24, 2.45) is 13.0 Å². The lowest BCUT2D eigenvalue weighted by Gasteiger charge is -2.17. The van der Waals surface area contributed by atoms with Crippen LogP contribution in [0.3, 0.4) is 0 Å². The van der Waals surface area contributed by atoms with Crippen molar-refractivity contribution in [1.29, 1.82) is 0 Å². The van der Waals surface area contributed by atoms with E-state index in [-0.39, 0.29) is 24.9 Å². The number of carbonyl (C=O) groups excluding carboxylic acids is 1. The molecule has 164 valence electrons. The molecule has 0 radical (unpaired) electrons. The number of hydrogen-bond donors (Lipinski definition) is 0. The Morgan fingerprint density at radius 2 is 2.07 bits per heavy atom. The molecule has 2 heterocycles. The summed E-state index contributed by atoms with van der Waals surface area (Å²) in [7, 11) is 0.368. The van der Waals surface area contributed by atoms with E-state index in [4.69, 9.17) is 9.47 Å². The molecule has 1 aliphatic carbocycles. The maximum absolute atomic E-state index is 14.4. The Morgan fingerprint density at radius 3 is 2.63 bits per heavy atom. The van der Waals surface area contributed by atoms with E-state index >= 15 is 0 Å². The van der Waals surface area contributed by atoms with Gasteiger partial charge in [0.05, 0.1) is 12.8 Å². The molecular weight excluding hydrogens is 405 g/mol. The van der Waals surface area contributed by atoms with Crippen molar-refractivity contribution >= 4 is 19.6 Å². The van der Waals surface area contributed by atoms with Gasteiger partial charge in [0.2, 0.25) is 0 Å².